The van der Waals surface area contributed by atoms with Gasteiger partial charge in [-0.1, -0.05) is 45.7 Å². The van der Waals surface area contributed by atoms with E-state index in [9.17, 15) is 4.79 Å². The first-order chi connectivity index (χ1) is 14.1. The van der Waals surface area contributed by atoms with Crippen LogP contribution in [-0.4, -0.2) is 19.1 Å². The van der Waals surface area contributed by atoms with Crippen LogP contribution in [0.4, 0.5) is 0 Å². The lowest BCUT2D eigenvalue weighted by atomic mass is 10.1. The Hall–Kier alpha value is -1.27. The topological polar surface area (TPSA) is 47.6 Å². The van der Waals surface area contributed by atoms with Gasteiger partial charge in [-0.3, -0.25) is 4.79 Å². The van der Waals surface area contributed by atoms with Crippen LogP contribution in [0.5, 0.6) is 0 Å². The number of benzene rings is 2. The molecule has 0 aliphatic carbocycles. The van der Waals surface area contributed by atoms with Crippen molar-refractivity contribution in [3.8, 4) is 0 Å². The van der Waals surface area contributed by atoms with Gasteiger partial charge in [-0.15, -0.1) is 11.3 Å². The van der Waals surface area contributed by atoms with Gasteiger partial charge in [0.1, 0.15) is 5.66 Å². The number of hydrogen-bond donors (Lipinski definition) is 1. The molecule has 0 spiro atoms. The third kappa shape index (κ3) is 4.91. The van der Waals surface area contributed by atoms with E-state index < -0.39 is 14.0 Å². The molecule has 150 valence electrons. The molecule has 2 heterocycles. The molecule has 29 heavy (non-hydrogen) atoms. The molecule has 4 rings (SSSR count). The Balaban J connectivity index is 1.62. The van der Waals surface area contributed by atoms with E-state index in [1.807, 2.05) is 53.9 Å². The van der Waals surface area contributed by atoms with Gasteiger partial charge >= 0.3 is 0 Å². The minimum atomic E-state index is -1.38. The third-order valence-corrected chi connectivity index (χ3v) is 8.19. The molecule has 0 bridgehead atoms. The van der Waals surface area contributed by atoms with Gasteiger partial charge in [0.25, 0.3) is 0 Å². The van der Waals surface area contributed by atoms with E-state index in [-0.39, 0.29) is 5.91 Å². The molecule has 1 N–H and O–H groups in total. The fourth-order valence-corrected chi connectivity index (χ4v) is 6.40. The Labute approximate surface area is 187 Å². The van der Waals surface area contributed by atoms with Crippen LogP contribution in [0.1, 0.15) is 23.2 Å². The van der Waals surface area contributed by atoms with E-state index in [1.54, 1.807) is 17.5 Å². The lowest BCUT2D eigenvalue weighted by molar-refractivity contribution is -0.120. The van der Waals surface area contributed by atoms with Crippen LogP contribution in [0.25, 0.3) is 16.2 Å². The first-order valence-corrected chi connectivity index (χ1v) is 12.4. The molecule has 4 nitrogen and oxygen atoms in total. The first kappa shape index (κ1) is 21.0. The number of nitrogens with one attached hydrogen (secondary N) is 1. The number of hydrogen-bond acceptors (Lipinski definition) is 4. The smallest absolute Gasteiger partial charge is 0.240 e. The van der Waals surface area contributed by atoms with Crippen LogP contribution in [0.15, 0.2) is 58.5 Å². The summed E-state index contributed by atoms with van der Waals surface area (Å²) < 4.78 is 13.8. The summed E-state index contributed by atoms with van der Waals surface area (Å²) >= 11 is 11.3. The molecule has 1 aromatic heterocycles. The summed E-state index contributed by atoms with van der Waals surface area (Å²) in [5, 5.41) is 6.53. The zero-order chi connectivity index (χ0) is 20.2. The minimum Gasteiger partial charge on any atom is -0.333 e. The average molecular weight is 511 g/mol. The number of amides is 1. The van der Waals surface area contributed by atoms with Crippen LogP contribution in [0.3, 0.4) is 0 Å². The molecule has 8 heteroatoms. The zero-order valence-corrected chi connectivity index (χ0v) is 19.4. The van der Waals surface area contributed by atoms with Gasteiger partial charge in [0.2, 0.25) is 5.91 Å². The van der Waals surface area contributed by atoms with Crippen molar-refractivity contribution in [2.75, 3.05) is 13.2 Å². The highest BCUT2D eigenvalue weighted by molar-refractivity contribution is 9.10. The Morgan fingerprint density at radius 3 is 2.83 bits per heavy atom. The Morgan fingerprint density at radius 1 is 1.24 bits per heavy atom. The number of carbonyl (C=O) groups is 1. The zero-order valence-electron chi connectivity index (χ0n) is 15.3. The molecule has 1 unspecified atom stereocenters. The lowest BCUT2D eigenvalue weighted by Gasteiger charge is -2.28. The average Bonchev–Trinajstić information content (AvgIpc) is 3.13. The van der Waals surface area contributed by atoms with Crippen molar-refractivity contribution in [3.05, 3.63) is 74.7 Å². The van der Waals surface area contributed by atoms with Crippen LogP contribution in [0, 0.1) is 0 Å². The highest BCUT2D eigenvalue weighted by atomic mass is 79.9. The summed E-state index contributed by atoms with van der Waals surface area (Å²) in [5.74, 6) is -0.152. The highest BCUT2D eigenvalue weighted by Crippen LogP contribution is 2.56. The van der Waals surface area contributed by atoms with Crippen molar-refractivity contribution >= 4 is 69.3 Å². The summed E-state index contributed by atoms with van der Waals surface area (Å²) in [6.45, 7) is 1.20. The molecule has 2 aromatic carbocycles. The highest BCUT2D eigenvalue weighted by Gasteiger charge is 2.35. The van der Waals surface area contributed by atoms with Crippen molar-refractivity contribution < 1.29 is 13.8 Å². The maximum Gasteiger partial charge on any atom is 0.240 e. The predicted octanol–water partition coefficient (Wildman–Crippen LogP) is 6.89. The summed E-state index contributed by atoms with van der Waals surface area (Å²) in [6.07, 6.45) is 4.36. The maximum absolute atomic E-state index is 13.2. The van der Waals surface area contributed by atoms with Gasteiger partial charge < -0.3 is 14.4 Å². The number of fused-ring (bicyclic) bond motifs is 1. The molecule has 1 aliphatic heterocycles. The summed E-state index contributed by atoms with van der Waals surface area (Å²) in [6, 6.07) is 13.6. The summed E-state index contributed by atoms with van der Waals surface area (Å²) in [4.78, 5) is 13.2. The summed E-state index contributed by atoms with van der Waals surface area (Å²) in [7, 11) is -1.38. The van der Waals surface area contributed by atoms with Crippen LogP contribution >= 0.6 is 47.2 Å². The Morgan fingerprint density at radius 2 is 2.03 bits per heavy atom. The second-order valence-corrected chi connectivity index (χ2v) is 10.2. The van der Waals surface area contributed by atoms with E-state index in [0.29, 0.717) is 18.2 Å². The van der Waals surface area contributed by atoms with Crippen molar-refractivity contribution in [2.24, 2.45) is 0 Å². The van der Waals surface area contributed by atoms with Gasteiger partial charge in [-0.2, -0.15) is 0 Å². The van der Waals surface area contributed by atoms with E-state index >= 15 is 0 Å². The second kappa shape index (κ2) is 9.69. The fraction of sp³-hybridized carbons (Fsp3) is 0.190. The van der Waals surface area contributed by atoms with E-state index in [2.05, 4.69) is 21.2 Å². The van der Waals surface area contributed by atoms with E-state index in [4.69, 9.17) is 20.6 Å². The van der Waals surface area contributed by atoms with Gasteiger partial charge in [0.15, 0.2) is 8.38 Å². The molecule has 0 saturated carbocycles. The molecule has 1 atom stereocenters. The molecular formula is C21H18BrClNO3PS. The van der Waals surface area contributed by atoms with Gasteiger partial charge in [0.05, 0.1) is 13.2 Å². The second-order valence-electron chi connectivity index (χ2n) is 6.40. The summed E-state index contributed by atoms with van der Waals surface area (Å²) in [5.41, 5.74) is 1.35. The third-order valence-electron chi connectivity index (χ3n) is 4.44. The predicted molar refractivity (Wildman–Crippen MR) is 124 cm³/mol. The van der Waals surface area contributed by atoms with Crippen molar-refractivity contribution in [2.45, 2.75) is 12.1 Å². The van der Waals surface area contributed by atoms with Crippen molar-refractivity contribution in [1.82, 2.24) is 5.32 Å². The lowest BCUT2D eigenvalue weighted by Crippen LogP contribution is -2.26. The number of halogens is 2. The molecule has 1 aliphatic rings. The molecule has 1 saturated heterocycles. The molecule has 0 radical (unpaired) electrons. The molecule has 1 fully saturated rings. The van der Waals surface area contributed by atoms with Crippen LogP contribution in [-0.2, 0) is 13.8 Å². The molecule has 1 amide bonds. The standard InChI is InChI=1S/C21H18BrClNO3PS/c22-18-5-2-1-4-14(18)8-9-24-21(25)20(28-26-10-3-11-27-28)17-13-29-19-7-6-15(23)12-16(17)19/h1-2,4-9,12-13,20H,3,10-11H2,(H,24,25). The minimum absolute atomic E-state index is 0.152. The van der Waals surface area contributed by atoms with Crippen molar-refractivity contribution in [3.63, 3.8) is 0 Å². The maximum atomic E-state index is 13.2. The molecule has 3 aromatic rings. The normalized spacial score (nSPS) is 16.3. The van der Waals surface area contributed by atoms with E-state index in [1.165, 1.54) is 0 Å². The Bertz CT molecular complexity index is 1050. The van der Waals surface area contributed by atoms with Gasteiger partial charge in [-0.05, 0) is 58.7 Å². The van der Waals surface area contributed by atoms with Gasteiger partial charge in [-0.25, -0.2) is 0 Å². The number of carbonyl (C=O) groups excluding carboxylic acids is 1. The fourth-order valence-electron chi connectivity index (χ4n) is 3.04. The Kier molecular flexibility index (Phi) is 7.01. The first-order valence-electron chi connectivity index (χ1n) is 9.06. The van der Waals surface area contributed by atoms with Gasteiger partial charge in [0, 0.05) is 20.4 Å². The van der Waals surface area contributed by atoms with Crippen LogP contribution < -0.4 is 5.32 Å². The number of rotatable bonds is 5. The molecular weight excluding hydrogens is 493 g/mol. The van der Waals surface area contributed by atoms with Crippen molar-refractivity contribution in [1.29, 1.82) is 0 Å². The van der Waals surface area contributed by atoms with Crippen LogP contribution in [0.2, 0.25) is 5.02 Å². The monoisotopic (exact) mass is 509 g/mol. The van der Waals surface area contributed by atoms with E-state index in [0.717, 1.165) is 32.1 Å². The SMILES string of the molecule is O=C(NC=Cc1ccccc1Br)C(c1csc2ccc(Cl)cc12)P1OCCCO1. The number of thiophene rings is 1. The largest absolute Gasteiger partial charge is 0.333 e. The quantitative estimate of drug-likeness (QED) is 0.380.